The summed E-state index contributed by atoms with van der Waals surface area (Å²) in [6, 6.07) is 3.82. The first-order valence-electron chi connectivity index (χ1n) is 4.87. The average Bonchev–Trinajstić information content (AvgIpc) is 2.69. The van der Waals surface area contributed by atoms with Crippen molar-refractivity contribution in [2.45, 2.75) is 20.4 Å². The monoisotopic (exact) mass is 248 g/mol. The molecule has 1 aromatic heterocycles. The Morgan fingerprint density at radius 2 is 2.07 bits per heavy atom. The standard InChI is InChI=1S/C9H16N2O2S2/c1-3-11(4-2)15(12,13)10-8-9-6-5-7-14-9/h5-7,10H,3-4,8H2,1-2H3. The second-order valence-corrected chi connectivity index (χ2v) is 5.78. The lowest BCUT2D eigenvalue weighted by atomic mass is 10.5. The van der Waals surface area contributed by atoms with Gasteiger partial charge in [0, 0.05) is 24.5 Å². The van der Waals surface area contributed by atoms with Gasteiger partial charge in [0.25, 0.3) is 10.2 Å². The van der Waals surface area contributed by atoms with Crippen molar-refractivity contribution in [2.75, 3.05) is 13.1 Å². The predicted octanol–water partition coefficient (Wildman–Crippen LogP) is 1.42. The van der Waals surface area contributed by atoms with Crippen LogP contribution in [0.15, 0.2) is 17.5 Å². The Balaban J connectivity index is 2.57. The molecule has 0 radical (unpaired) electrons. The van der Waals surface area contributed by atoms with Crippen molar-refractivity contribution in [2.24, 2.45) is 0 Å². The molecule has 1 heterocycles. The number of hydrogen-bond acceptors (Lipinski definition) is 3. The quantitative estimate of drug-likeness (QED) is 0.828. The van der Waals surface area contributed by atoms with E-state index in [4.69, 9.17) is 0 Å². The van der Waals surface area contributed by atoms with Gasteiger partial charge in [0.05, 0.1) is 0 Å². The topological polar surface area (TPSA) is 49.4 Å². The van der Waals surface area contributed by atoms with E-state index in [1.807, 2.05) is 31.4 Å². The van der Waals surface area contributed by atoms with Crippen molar-refractivity contribution < 1.29 is 8.42 Å². The van der Waals surface area contributed by atoms with E-state index in [0.717, 1.165) is 4.88 Å². The predicted molar refractivity (Wildman–Crippen MR) is 63.0 cm³/mol. The number of rotatable bonds is 6. The summed E-state index contributed by atoms with van der Waals surface area (Å²) in [7, 11) is -3.31. The van der Waals surface area contributed by atoms with Gasteiger partial charge in [0.1, 0.15) is 0 Å². The van der Waals surface area contributed by atoms with E-state index >= 15 is 0 Å². The van der Waals surface area contributed by atoms with E-state index in [0.29, 0.717) is 19.6 Å². The van der Waals surface area contributed by atoms with Gasteiger partial charge in [-0.1, -0.05) is 19.9 Å². The summed E-state index contributed by atoms with van der Waals surface area (Å²) in [6.07, 6.45) is 0. The zero-order chi connectivity index (χ0) is 11.3. The van der Waals surface area contributed by atoms with E-state index in [1.165, 1.54) is 4.31 Å². The van der Waals surface area contributed by atoms with Crippen LogP contribution >= 0.6 is 11.3 Å². The molecule has 0 aliphatic rings. The zero-order valence-corrected chi connectivity index (χ0v) is 10.6. The van der Waals surface area contributed by atoms with Crippen LogP contribution in [0.25, 0.3) is 0 Å². The van der Waals surface area contributed by atoms with E-state index in [1.54, 1.807) is 11.3 Å². The molecule has 0 aromatic carbocycles. The van der Waals surface area contributed by atoms with Gasteiger partial charge in [-0.2, -0.15) is 17.4 Å². The van der Waals surface area contributed by atoms with Crippen LogP contribution in [0.2, 0.25) is 0 Å². The van der Waals surface area contributed by atoms with Crippen LogP contribution < -0.4 is 4.72 Å². The third kappa shape index (κ3) is 3.57. The van der Waals surface area contributed by atoms with E-state index in [2.05, 4.69) is 4.72 Å². The van der Waals surface area contributed by atoms with Crippen LogP contribution in [0, 0.1) is 0 Å². The normalized spacial score (nSPS) is 12.2. The minimum atomic E-state index is -3.31. The van der Waals surface area contributed by atoms with Gasteiger partial charge in [-0.05, 0) is 11.4 Å². The minimum Gasteiger partial charge on any atom is -0.197 e. The molecule has 0 unspecified atom stereocenters. The molecule has 6 heteroatoms. The first-order chi connectivity index (χ1) is 7.10. The number of nitrogens with zero attached hydrogens (tertiary/aromatic N) is 1. The Kier molecular flexibility index (Phi) is 4.72. The molecule has 1 N–H and O–H groups in total. The molecule has 0 saturated carbocycles. The Bertz CT molecular complexity index is 369. The largest absolute Gasteiger partial charge is 0.279 e. The van der Waals surface area contributed by atoms with Crippen molar-refractivity contribution in [3.05, 3.63) is 22.4 Å². The highest BCUT2D eigenvalue weighted by atomic mass is 32.2. The molecule has 1 rings (SSSR count). The minimum absolute atomic E-state index is 0.372. The number of hydrogen-bond donors (Lipinski definition) is 1. The van der Waals surface area contributed by atoms with Crippen molar-refractivity contribution in [1.29, 1.82) is 0 Å². The maximum Gasteiger partial charge on any atom is 0.279 e. The smallest absolute Gasteiger partial charge is 0.197 e. The van der Waals surface area contributed by atoms with E-state index < -0.39 is 10.2 Å². The van der Waals surface area contributed by atoms with E-state index in [-0.39, 0.29) is 0 Å². The molecule has 0 spiro atoms. The molecule has 0 aliphatic heterocycles. The summed E-state index contributed by atoms with van der Waals surface area (Å²) in [5.41, 5.74) is 0. The van der Waals surface area contributed by atoms with Crippen LogP contribution in [0.4, 0.5) is 0 Å². The maximum absolute atomic E-state index is 11.7. The fraction of sp³-hybridized carbons (Fsp3) is 0.556. The first-order valence-corrected chi connectivity index (χ1v) is 7.19. The van der Waals surface area contributed by atoms with Crippen LogP contribution in [-0.4, -0.2) is 25.8 Å². The second-order valence-electron chi connectivity index (χ2n) is 2.99. The highest BCUT2D eigenvalue weighted by Crippen LogP contribution is 2.08. The lowest BCUT2D eigenvalue weighted by molar-refractivity contribution is 0.435. The highest BCUT2D eigenvalue weighted by molar-refractivity contribution is 7.87. The molecular formula is C9H16N2O2S2. The lowest BCUT2D eigenvalue weighted by Crippen LogP contribution is -2.39. The Hall–Kier alpha value is -0.430. The second kappa shape index (κ2) is 5.60. The molecule has 15 heavy (non-hydrogen) atoms. The van der Waals surface area contributed by atoms with Gasteiger partial charge < -0.3 is 0 Å². The molecule has 0 amide bonds. The molecule has 0 bridgehead atoms. The average molecular weight is 248 g/mol. The molecule has 0 atom stereocenters. The Morgan fingerprint density at radius 3 is 2.53 bits per heavy atom. The SMILES string of the molecule is CCN(CC)S(=O)(=O)NCc1cccs1. The molecular weight excluding hydrogens is 232 g/mol. The van der Waals surface area contributed by atoms with Gasteiger partial charge in [-0.3, -0.25) is 0 Å². The molecule has 4 nitrogen and oxygen atoms in total. The third-order valence-corrected chi connectivity index (χ3v) is 4.64. The van der Waals surface area contributed by atoms with E-state index in [9.17, 15) is 8.42 Å². The lowest BCUT2D eigenvalue weighted by Gasteiger charge is -2.18. The zero-order valence-electron chi connectivity index (χ0n) is 8.93. The molecule has 0 aliphatic carbocycles. The summed E-state index contributed by atoms with van der Waals surface area (Å²) in [5.74, 6) is 0. The molecule has 0 fully saturated rings. The molecule has 1 aromatic rings. The van der Waals surface area contributed by atoms with Gasteiger partial charge in [-0.15, -0.1) is 11.3 Å². The van der Waals surface area contributed by atoms with Crippen molar-refractivity contribution in [3.8, 4) is 0 Å². The van der Waals surface area contributed by atoms with Crippen molar-refractivity contribution in [3.63, 3.8) is 0 Å². The van der Waals surface area contributed by atoms with Gasteiger partial charge in [0.15, 0.2) is 0 Å². The molecule has 86 valence electrons. The van der Waals surface area contributed by atoms with Crippen LogP contribution in [0.5, 0.6) is 0 Å². The maximum atomic E-state index is 11.7. The fourth-order valence-corrected chi connectivity index (χ4v) is 3.17. The van der Waals surface area contributed by atoms with Crippen LogP contribution in [-0.2, 0) is 16.8 Å². The highest BCUT2D eigenvalue weighted by Gasteiger charge is 2.17. The van der Waals surface area contributed by atoms with Crippen LogP contribution in [0.1, 0.15) is 18.7 Å². The van der Waals surface area contributed by atoms with Gasteiger partial charge in [-0.25, -0.2) is 0 Å². The van der Waals surface area contributed by atoms with Crippen molar-refractivity contribution in [1.82, 2.24) is 9.03 Å². The number of thiophene rings is 1. The van der Waals surface area contributed by atoms with Crippen LogP contribution in [0.3, 0.4) is 0 Å². The third-order valence-electron chi connectivity index (χ3n) is 2.05. The summed E-state index contributed by atoms with van der Waals surface area (Å²) < 4.78 is 27.4. The summed E-state index contributed by atoms with van der Waals surface area (Å²) in [5, 5.41) is 1.93. The Morgan fingerprint density at radius 1 is 1.40 bits per heavy atom. The van der Waals surface area contributed by atoms with Crippen molar-refractivity contribution >= 4 is 21.5 Å². The summed E-state index contributed by atoms with van der Waals surface area (Å²) in [6.45, 7) is 5.02. The molecule has 0 saturated heterocycles. The first kappa shape index (κ1) is 12.6. The Labute approximate surface area is 95.1 Å². The fourth-order valence-electron chi connectivity index (χ4n) is 1.23. The van der Waals surface area contributed by atoms with Gasteiger partial charge >= 0.3 is 0 Å². The number of nitrogens with one attached hydrogen (secondary N) is 1. The summed E-state index contributed by atoms with van der Waals surface area (Å²) in [4.78, 5) is 1.02. The van der Waals surface area contributed by atoms with Gasteiger partial charge in [0.2, 0.25) is 0 Å². The summed E-state index contributed by atoms with van der Waals surface area (Å²) >= 11 is 1.55.